The smallest absolute Gasteiger partial charge is 0.338 e. The van der Waals surface area contributed by atoms with Crippen molar-refractivity contribution in [2.45, 2.75) is 18.4 Å². The number of fused-ring (bicyclic) bond motifs is 1. The van der Waals surface area contributed by atoms with Crippen molar-refractivity contribution in [1.29, 1.82) is 0 Å². The van der Waals surface area contributed by atoms with Gasteiger partial charge in [-0.25, -0.2) is 24.5 Å². The number of anilines is 1. The summed E-state index contributed by atoms with van der Waals surface area (Å²) in [4.78, 5) is 51.6. The molecular weight excluding hydrogens is 526 g/mol. The largest absolute Gasteiger partial charge is 0.452 e. The molecule has 3 atom stereocenters. The maximum absolute atomic E-state index is 13.1. The molecule has 3 aromatic carbocycles. The number of nitrogens with zero attached hydrogens (tertiary/aromatic N) is 4. The lowest BCUT2D eigenvalue weighted by Crippen LogP contribution is -2.36. The van der Waals surface area contributed by atoms with E-state index in [2.05, 4.69) is 20.3 Å². The van der Waals surface area contributed by atoms with Crippen LogP contribution < -0.4 is 5.32 Å². The van der Waals surface area contributed by atoms with E-state index >= 15 is 0 Å². The van der Waals surface area contributed by atoms with Gasteiger partial charge in [0.05, 0.1) is 24.1 Å². The average Bonchev–Trinajstić information content (AvgIpc) is 3.62. The van der Waals surface area contributed by atoms with Crippen LogP contribution in [0, 0.1) is 0 Å². The van der Waals surface area contributed by atoms with Gasteiger partial charge in [-0.15, -0.1) is 0 Å². The summed E-state index contributed by atoms with van der Waals surface area (Å²) in [5.74, 6) is -1.35. The molecule has 0 spiro atoms. The molecule has 2 aromatic heterocycles. The molecule has 11 nitrogen and oxygen atoms in total. The normalized spacial score (nSPS) is 18.1. The summed E-state index contributed by atoms with van der Waals surface area (Å²) in [5.41, 5.74) is 1.76. The second-order valence-electron chi connectivity index (χ2n) is 9.14. The van der Waals surface area contributed by atoms with Crippen LogP contribution in [0.3, 0.4) is 0 Å². The van der Waals surface area contributed by atoms with E-state index in [1.54, 1.807) is 89.5 Å². The Morgan fingerprint density at radius 3 is 1.98 bits per heavy atom. The average molecular weight is 550 g/mol. The summed E-state index contributed by atoms with van der Waals surface area (Å²) in [5, 5.41) is 2.76. The Morgan fingerprint density at radius 2 is 1.34 bits per heavy atom. The molecule has 3 heterocycles. The third-order valence-electron chi connectivity index (χ3n) is 6.50. The summed E-state index contributed by atoms with van der Waals surface area (Å²) in [6.45, 7) is -0.0433. The number of benzene rings is 3. The van der Waals surface area contributed by atoms with Crippen molar-refractivity contribution in [3.63, 3.8) is 0 Å². The van der Waals surface area contributed by atoms with Crippen LogP contribution in [0.15, 0.2) is 104 Å². The van der Waals surface area contributed by atoms with Crippen LogP contribution in [-0.2, 0) is 14.2 Å². The summed E-state index contributed by atoms with van der Waals surface area (Å²) in [6, 6.07) is 25.7. The van der Waals surface area contributed by atoms with Crippen molar-refractivity contribution in [3.8, 4) is 0 Å². The molecule has 1 amide bonds. The fourth-order valence-corrected chi connectivity index (χ4v) is 4.49. The Labute approximate surface area is 233 Å². The monoisotopic (exact) mass is 549 g/mol. The number of carbonyl (C=O) groups excluding carboxylic acids is 3. The molecule has 0 saturated carbocycles. The molecule has 1 fully saturated rings. The van der Waals surface area contributed by atoms with E-state index in [9.17, 15) is 14.4 Å². The first-order chi connectivity index (χ1) is 20.1. The van der Waals surface area contributed by atoms with Crippen LogP contribution in [0.5, 0.6) is 0 Å². The standard InChI is InChI=1S/C30H23N5O6/c36-27(19-10-4-1-5-11-19)34-25-23-26(32-17-31-25)35(18-33-23)28-24(41-30(38)21-14-8-3-9-15-21)22(16-39-28)40-29(37)20-12-6-2-7-13-20/h1-15,17-18,22,24,28H,16H2,(H,31,32,34,36)/t22-,24+,28+/m0/s1. The lowest BCUT2D eigenvalue weighted by Gasteiger charge is -2.24. The molecule has 1 aliphatic heterocycles. The number of nitrogens with one attached hydrogen (secondary N) is 1. The maximum atomic E-state index is 13.1. The number of aromatic nitrogens is 4. The summed E-state index contributed by atoms with van der Waals surface area (Å²) in [6.07, 6.45) is -0.156. The molecule has 41 heavy (non-hydrogen) atoms. The van der Waals surface area contributed by atoms with E-state index in [0.29, 0.717) is 27.9 Å². The fourth-order valence-electron chi connectivity index (χ4n) is 4.49. The Morgan fingerprint density at radius 1 is 0.756 bits per heavy atom. The van der Waals surface area contributed by atoms with Crippen molar-refractivity contribution in [2.75, 3.05) is 11.9 Å². The highest BCUT2D eigenvalue weighted by Gasteiger charge is 2.45. The number of ether oxygens (including phenoxy) is 3. The molecule has 0 unspecified atom stereocenters. The first kappa shape index (κ1) is 25.8. The van der Waals surface area contributed by atoms with Crippen molar-refractivity contribution in [1.82, 2.24) is 19.5 Å². The minimum Gasteiger partial charge on any atom is -0.452 e. The van der Waals surface area contributed by atoms with Crippen LogP contribution in [0.2, 0.25) is 0 Å². The number of hydrogen-bond acceptors (Lipinski definition) is 9. The van der Waals surface area contributed by atoms with Gasteiger partial charge in [-0.05, 0) is 36.4 Å². The van der Waals surface area contributed by atoms with Gasteiger partial charge in [0, 0.05) is 5.56 Å². The first-order valence-corrected chi connectivity index (χ1v) is 12.8. The molecule has 1 N–H and O–H groups in total. The Bertz CT molecular complexity index is 1690. The minimum absolute atomic E-state index is 0.0433. The van der Waals surface area contributed by atoms with Crippen LogP contribution in [0.1, 0.15) is 37.3 Å². The molecule has 5 aromatic rings. The topological polar surface area (TPSA) is 135 Å². The molecule has 0 radical (unpaired) electrons. The molecule has 11 heteroatoms. The zero-order valence-corrected chi connectivity index (χ0v) is 21.5. The predicted octanol–water partition coefficient (Wildman–Crippen LogP) is 4.06. The third kappa shape index (κ3) is 5.38. The fraction of sp³-hybridized carbons (Fsp3) is 0.133. The SMILES string of the molecule is O=C(Nc1ncnc2c1ncn2[C@@H]1OC[C@H](OC(=O)c2ccccc2)[C@H]1OC(=O)c1ccccc1)c1ccccc1. The van der Waals surface area contributed by atoms with Gasteiger partial charge in [0.2, 0.25) is 0 Å². The highest BCUT2D eigenvalue weighted by molar-refractivity contribution is 6.06. The van der Waals surface area contributed by atoms with Crippen molar-refractivity contribution in [3.05, 3.63) is 120 Å². The summed E-state index contributed by atoms with van der Waals surface area (Å²) in [7, 11) is 0. The molecule has 6 rings (SSSR count). The molecule has 204 valence electrons. The van der Waals surface area contributed by atoms with Gasteiger partial charge >= 0.3 is 11.9 Å². The van der Waals surface area contributed by atoms with Crippen molar-refractivity contribution < 1.29 is 28.6 Å². The number of rotatable bonds is 7. The van der Waals surface area contributed by atoms with Crippen molar-refractivity contribution >= 4 is 34.8 Å². The zero-order valence-electron chi connectivity index (χ0n) is 21.5. The van der Waals surface area contributed by atoms with Crippen molar-refractivity contribution in [2.24, 2.45) is 0 Å². The number of imidazole rings is 1. The lowest BCUT2D eigenvalue weighted by atomic mass is 10.2. The van der Waals surface area contributed by atoms with Crippen LogP contribution >= 0.6 is 0 Å². The maximum Gasteiger partial charge on any atom is 0.338 e. The van der Waals surface area contributed by atoms with Gasteiger partial charge in [0.1, 0.15) is 6.33 Å². The van der Waals surface area contributed by atoms with E-state index in [-0.39, 0.29) is 18.3 Å². The Hall–Kier alpha value is -5.42. The number of carbonyl (C=O) groups is 3. The number of amides is 1. The number of esters is 2. The quantitative estimate of drug-likeness (QED) is 0.298. The summed E-state index contributed by atoms with van der Waals surface area (Å²) < 4.78 is 19.2. The van der Waals surface area contributed by atoms with Gasteiger partial charge < -0.3 is 19.5 Å². The minimum atomic E-state index is -1.04. The van der Waals surface area contributed by atoms with E-state index < -0.39 is 30.4 Å². The van der Waals surface area contributed by atoms with Gasteiger partial charge in [-0.2, -0.15) is 0 Å². The van der Waals surface area contributed by atoms with Gasteiger partial charge in [-0.1, -0.05) is 54.6 Å². The van der Waals surface area contributed by atoms with Gasteiger partial charge in [0.15, 0.2) is 35.4 Å². The molecular formula is C30H23N5O6. The summed E-state index contributed by atoms with van der Waals surface area (Å²) >= 11 is 0. The van der Waals surface area contributed by atoms with Crippen LogP contribution in [-0.4, -0.2) is 56.2 Å². The van der Waals surface area contributed by atoms with Crippen LogP contribution in [0.25, 0.3) is 11.2 Å². The number of hydrogen-bond donors (Lipinski definition) is 1. The Balaban J connectivity index is 1.30. The Kier molecular flexibility index (Phi) is 7.16. The van der Waals surface area contributed by atoms with E-state index in [1.807, 2.05) is 6.07 Å². The highest BCUT2D eigenvalue weighted by Crippen LogP contribution is 2.33. The second-order valence-corrected chi connectivity index (χ2v) is 9.14. The molecule has 0 bridgehead atoms. The van der Waals surface area contributed by atoms with E-state index in [1.165, 1.54) is 12.7 Å². The lowest BCUT2D eigenvalue weighted by molar-refractivity contribution is -0.0459. The predicted molar refractivity (Wildman–Crippen MR) is 146 cm³/mol. The zero-order chi connectivity index (χ0) is 28.2. The molecule has 0 aliphatic carbocycles. The second kappa shape index (κ2) is 11.4. The van der Waals surface area contributed by atoms with E-state index in [4.69, 9.17) is 14.2 Å². The first-order valence-electron chi connectivity index (χ1n) is 12.8. The highest BCUT2D eigenvalue weighted by atomic mass is 16.6. The van der Waals surface area contributed by atoms with Gasteiger partial charge in [-0.3, -0.25) is 9.36 Å². The van der Waals surface area contributed by atoms with Crippen LogP contribution in [0.4, 0.5) is 5.82 Å². The third-order valence-corrected chi connectivity index (χ3v) is 6.50. The molecule has 1 aliphatic rings. The molecule has 1 saturated heterocycles. The van der Waals surface area contributed by atoms with E-state index in [0.717, 1.165) is 0 Å². The van der Waals surface area contributed by atoms with Gasteiger partial charge in [0.25, 0.3) is 5.91 Å².